The number of benzene rings is 2. The van der Waals surface area contributed by atoms with Crippen LogP contribution in [-0.2, 0) is 0 Å². The number of amides is 3. The standard InChI is InChI=1S/C14H10ClFN2O4/c15-8-6-7(4-5-9(8)16)17-14(22)18-13(21)12-10(19)2-1-3-11(12)20/h1-6,19-20H,(H2,17,18,21,22). The molecule has 0 atom stereocenters. The Bertz CT molecular complexity index is 731. The van der Waals surface area contributed by atoms with Crippen molar-refractivity contribution in [2.45, 2.75) is 0 Å². The molecular weight excluding hydrogens is 315 g/mol. The number of nitrogens with one attached hydrogen (secondary N) is 2. The van der Waals surface area contributed by atoms with Gasteiger partial charge >= 0.3 is 6.03 Å². The molecular formula is C14H10ClFN2O4. The van der Waals surface area contributed by atoms with Gasteiger partial charge in [0.1, 0.15) is 22.9 Å². The van der Waals surface area contributed by atoms with Crippen LogP contribution in [0.2, 0.25) is 5.02 Å². The van der Waals surface area contributed by atoms with Gasteiger partial charge in [-0.05, 0) is 30.3 Å². The largest absolute Gasteiger partial charge is 0.507 e. The van der Waals surface area contributed by atoms with Crippen LogP contribution in [0.5, 0.6) is 11.5 Å². The van der Waals surface area contributed by atoms with Gasteiger partial charge in [0.15, 0.2) is 0 Å². The quantitative estimate of drug-likeness (QED) is 0.682. The molecule has 0 bridgehead atoms. The topological polar surface area (TPSA) is 98.7 Å². The van der Waals surface area contributed by atoms with E-state index in [2.05, 4.69) is 5.32 Å². The molecule has 0 heterocycles. The van der Waals surface area contributed by atoms with Gasteiger partial charge in [-0.3, -0.25) is 10.1 Å². The van der Waals surface area contributed by atoms with Crippen LogP contribution in [0.3, 0.4) is 0 Å². The minimum absolute atomic E-state index is 0.165. The van der Waals surface area contributed by atoms with Crippen molar-refractivity contribution in [2.75, 3.05) is 5.32 Å². The fourth-order valence-electron chi connectivity index (χ4n) is 1.66. The number of phenolic OH excluding ortho intramolecular Hbond substituents is 2. The third-order valence-corrected chi connectivity index (χ3v) is 2.94. The van der Waals surface area contributed by atoms with Gasteiger partial charge in [0, 0.05) is 5.69 Å². The predicted octanol–water partition coefficient (Wildman–Crippen LogP) is 2.85. The summed E-state index contributed by atoms with van der Waals surface area (Å²) in [4.78, 5) is 23.5. The Kier molecular flexibility index (Phi) is 4.47. The summed E-state index contributed by atoms with van der Waals surface area (Å²) in [5.41, 5.74) is -0.270. The first-order chi connectivity index (χ1) is 10.4. The molecule has 0 aromatic heterocycles. The summed E-state index contributed by atoms with van der Waals surface area (Å²) in [5.74, 6) is -2.60. The molecule has 8 heteroatoms. The van der Waals surface area contributed by atoms with Gasteiger partial charge in [0.25, 0.3) is 5.91 Å². The molecule has 0 fully saturated rings. The zero-order valence-corrected chi connectivity index (χ0v) is 11.7. The van der Waals surface area contributed by atoms with Crippen LogP contribution in [0.15, 0.2) is 36.4 Å². The average molecular weight is 325 g/mol. The first kappa shape index (κ1) is 15.6. The van der Waals surface area contributed by atoms with Crippen molar-refractivity contribution in [2.24, 2.45) is 0 Å². The lowest BCUT2D eigenvalue weighted by molar-refractivity contribution is 0.0962. The van der Waals surface area contributed by atoms with Crippen molar-refractivity contribution in [3.8, 4) is 11.5 Å². The Morgan fingerprint density at radius 1 is 1.09 bits per heavy atom. The summed E-state index contributed by atoms with van der Waals surface area (Å²) in [5, 5.41) is 23.0. The Morgan fingerprint density at radius 2 is 1.73 bits per heavy atom. The van der Waals surface area contributed by atoms with Crippen LogP contribution in [0.25, 0.3) is 0 Å². The van der Waals surface area contributed by atoms with E-state index in [1.165, 1.54) is 30.3 Å². The fourth-order valence-corrected chi connectivity index (χ4v) is 1.84. The summed E-state index contributed by atoms with van der Waals surface area (Å²) >= 11 is 5.56. The number of hydrogen-bond acceptors (Lipinski definition) is 4. The molecule has 114 valence electrons. The SMILES string of the molecule is O=C(NC(=O)c1c(O)cccc1O)Nc1ccc(F)c(Cl)c1. The van der Waals surface area contributed by atoms with E-state index in [9.17, 15) is 24.2 Å². The second-order valence-electron chi connectivity index (χ2n) is 4.21. The number of imide groups is 1. The zero-order chi connectivity index (χ0) is 16.3. The molecule has 2 aromatic carbocycles. The second kappa shape index (κ2) is 6.31. The number of hydrogen-bond donors (Lipinski definition) is 4. The zero-order valence-electron chi connectivity index (χ0n) is 10.9. The van der Waals surface area contributed by atoms with E-state index in [4.69, 9.17) is 11.6 Å². The van der Waals surface area contributed by atoms with Gasteiger partial charge in [-0.1, -0.05) is 17.7 Å². The first-order valence-electron chi connectivity index (χ1n) is 5.97. The molecule has 0 aliphatic rings. The van der Waals surface area contributed by atoms with E-state index >= 15 is 0 Å². The van der Waals surface area contributed by atoms with Crippen molar-refractivity contribution >= 4 is 29.2 Å². The minimum atomic E-state index is -0.999. The van der Waals surface area contributed by atoms with E-state index in [0.29, 0.717) is 0 Å². The van der Waals surface area contributed by atoms with E-state index in [0.717, 1.165) is 6.07 Å². The van der Waals surface area contributed by atoms with Crippen molar-refractivity contribution in [1.82, 2.24) is 5.32 Å². The van der Waals surface area contributed by atoms with E-state index in [-0.39, 0.29) is 10.7 Å². The lowest BCUT2D eigenvalue weighted by atomic mass is 10.1. The van der Waals surface area contributed by atoms with Crippen LogP contribution in [0, 0.1) is 5.82 Å². The Hall–Kier alpha value is -2.80. The third kappa shape index (κ3) is 3.44. The highest BCUT2D eigenvalue weighted by Crippen LogP contribution is 2.26. The molecule has 0 saturated carbocycles. The van der Waals surface area contributed by atoms with Crippen molar-refractivity contribution in [1.29, 1.82) is 0 Å². The monoisotopic (exact) mass is 324 g/mol. The first-order valence-corrected chi connectivity index (χ1v) is 6.34. The molecule has 2 rings (SSSR count). The Morgan fingerprint density at radius 3 is 2.32 bits per heavy atom. The van der Waals surface area contributed by atoms with Gasteiger partial charge in [0.05, 0.1) is 5.02 Å². The second-order valence-corrected chi connectivity index (χ2v) is 4.62. The molecule has 0 aliphatic carbocycles. The number of anilines is 1. The van der Waals surface area contributed by atoms with Gasteiger partial charge in [0.2, 0.25) is 0 Å². The maximum Gasteiger partial charge on any atom is 0.326 e. The molecule has 0 aliphatic heterocycles. The summed E-state index contributed by atoms with van der Waals surface area (Å²) < 4.78 is 13.0. The molecule has 4 N–H and O–H groups in total. The van der Waals surface area contributed by atoms with Gasteiger partial charge in [-0.15, -0.1) is 0 Å². The third-order valence-electron chi connectivity index (χ3n) is 2.65. The maximum absolute atomic E-state index is 13.0. The van der Waals surface area contributed by atoms with Gasteiger partial charge < -0.3 is 15.5 Å². The van der Waals surface area contributed by atoms with Gasteiger partial charge in [-0.2, -0.15) is 0 Å². The molecule has 6 nitrogen and oxygen atoms in total. The van der Waals surface area contributed by atoms with Crippen LogP contribution in [0.1, 0.15) is 10.4 Å². The number of carbonyl (C=O) groups excluding carboxylic acids is 2. The number of rotatable bonds is 2. The van der Waals surface area contributed by atoms with E-state index in [1.807, 2.05) is 5.32 Å². The Balaban J connectivity index is 2.08. The minimum Gasteiger partial charge on any atom is -0.507 e. The van der Waals surface area contributed by atoms with E-state index < -0.39 is 34.8 Å². The smallest absolute Gasteiger partial charge is 0.326 e. The summed E-state index contributed by atoms with van der Waals surface area (Å²) in [6.07, 6.45) is 0. The maximum atomic E-state index is 13.0. The lowest BCUT2D eigenvalue weighted by Gasteiger charge is -2.09. The molecule has 0 unspecified atom stereocenters. The van der Waals surface area contributed by atoms with Gasteiger partial charge in [-0.25, -0.2) is 9.18 Å². The average Bonchev–Trinajstić information content (AvgIpc) is 2.42. The molecule has 0 radical (unpaired) electrons. The summed E-state index contributed by atoms with van der Waals surface area (Å²) in [6.45, 7) is 0. The van der Waals surface area contributed by atoms with Crippen LogP contribution >= 0.6 is 11.6 Å². The van der Waals surface area contributed by atoms with Crippen molar-refractivity contribution in [3.05, 3.63) is 52.8 Å². The molecule has 0 saturated heterocycles. The lowest BCUT2D eigenvalue weighted by Crippen LogP contribution is -2.34. The van der Waals surface area contributed by atoms with Crippen molar-refractivity contribution in [3.63, 3.8) is 0 Å². The highest BCUT2D eigenvalue weighted by atomic mass is 35.5. The van der Waals surface area contributed by atoms with Crippen LogP contribution < -0.4 is 10.6 Å². The summed E-state index contributed by atoms with van der Waals surface area (Å²) in [6, 6.07) is 6.24. The molecule has 2 aromatic rings. The highest BCUT2D eigenvalue weighted by molar-refractivity contribution is 6.31. The van der Waals surface area contributed by atoms with Crippen LogP contribution in [0.4, 0.5) is 14.9 Å². The number of halogens is 2. The van der Waals surface area contributed by atoms with E-state index in [1.54, 1.807) is 0 Å². The van der Waals surface area contributed by atoms with Crippen molar-refractivity contribution < 1.29 is 24.2 Å². The molecule has 22 heavy (non-hydrogen) atoms. The summed E-state index contributed by atoms with van der Waals surface area (Å²) in [7, 11) is 0. The van der Waals surface area contributed by atoms with Crippen LogP contribution in [-0.4, -0.2) is 22.2 Å². The predicted molar refractivity (Wildman–Crippen MR) is 77.7 cm³/mol. The number of phenols is 2. The Labute approximate surface area is 129 Å². The number of urea groups is 1. The fraction of sp³-hybridized carbons (Fsp3) is 0. The molecule has 3 amide bonds. The normalized spacial score (nSPS) is 10.1. The highest BCUT2D eigenvalue weighted by Gasteiger charge is 2.18. The number of carbonyl (C=O) groups is 2. The molecule has 0 spiro atoms. The number of aromatic hydroxyl groups is 2.